The van der Waals surface area contributed by atoms with Gasteiger partial charge >= 0.3 is 5.97 Å². The van der Waals surface area contributed by atoms with E-state index in [-0.39, 0.29) is 13.2 Å². The van der Waals surface area contributed by atoms with E-state index in [2.05, 4.69) is 4.74 Å². The highest BCUT2D eigenvalue weighted by Gasteiger charge is 2.47. The van der Waals surface area contributed by atoms with Crippen LogP contribution in [0.25, 0.3) is 0 Å². The minimum Gasteiger partial charge on any atom is -0.468 e. The Balaban J connectivity index is 2.64. The summed E-state index contributed by atoms with van der Waals surface area (Å²) in [6.45, 7) is 0.312. The Kier molecular flexibility index (Phi) is 1.72. The van der Waals surface area contributed by atoms with Gasteiger partial charge in [-0.3, -0.25) is 4.79 Å². The molecule has 1 aliphatic heterocycles. The molecule has 1 rings (SSSR count). The highest BCUT2D eigenvalue weighted by atomic mass is 16.5. The van der Waals surface area contributed by atoms with Crippen LogP contribution in [0.5, 0.6) is 0 Å². The van der Waals surface area contributed by atoms with Gasteiger partial charge < -0.3 is 14.3 Å². The van der Waals surface area contributed by atoms with Gasteiger partial charge in [0.2, 0.25) is 0 Å². The van der Waals surface area contributed by atoms with E-state index >= 15 is 0 Å². The SMILES string of the molecule is COC(=O)C1(C=O)COC1. The molecule has 0 amide bonds. The summed E-state index contributed by atoms with van der Waals surface area (Å²) in [5.41, 5.74) is -0.991. The molecule has 0 unspecified atom stereocenters. The third-order valence-corrected chi connectivity index (χ3v) is 1.54. The average Bonchev–Trinajstić information content (AvgIpc) is 1.86. The van der Waals surface area contributed by atoms with Gasteiger partial charge in [-0.1, -0.05) is 0 Å². The zero-order valence-electron chi connectivity index (χ0n) is 5.62. The average molecular weight is 144 g/mol. The number of methoxy groups -OCH3 is 1. The first-order chi connectivity index (χ1) is 4.75. The van der Waals surface area contributed by atoms with E-state index < -0.39 is 11.4 Å². The van der Waals surface area contributed by atoms with Gasteiger partial charge in [0.15, 0.2) is 5.41 Å². The second-order valence-electron chi connectivity index (χ2n) is 2.26. The molecule has 0 spiro atoms. The predicted octanol–water partition coefficient (Wildman–Crippen LogP) is -0.625. The lowest BCUT2D eigenvalue weighted by Gasteiger charge is -2.32. The maximum absolute atomic E-state index is 10.8. The van der Waals surface area contributed by atoms with Crippen molar-refractivity contribution in [3.8, 4) is 0 Å². The molecule has 0 bridgehead atoms. The van der Waals surface area contributed by atoms with E-state index in [0.717, 1.165) is 0 Å². The molecule has 1 saturated heterocycles. The molecule has 56 valence electrons. The van der Waals surface area contributed by atoms with Crippen molar-refractivity contribution in [2.24, 2.45) is 5.41 Å². The number of rotatable bonds is 2. The van der Waals surface area contributed by atoms with Gasteiger partial charge in [0.25, 0.3) is 0 Å². The number of carbonyl (C=O) groups excluding carboxylic acids is 2. The van der Waals surface area contributed by atoms with Crippen LogP contribution in [0.2, 0.25) is 0 Å². The highest BCUT2D eigenvalue weighted by molar-refractivity contribution is 5.94. The minimum absolute atomic E-state index is 0.156. The highest BCUT2D eigenvalue weighted by Crippen LogP contribution is 2.25. The fraction of sp³-hybridized carbons (Fsp3) is 0.667. The molecule has 0 aromatic carbocycles. The van der Waals surface area contributed by atoms with Crippen molar-refractivity contribution in [1.29, 1.82) is 0 Å². The molecule has 4 heteroatoms. The lowest BCUT2D eigenvalue weighted by Crippen LogP contribution is -2.50. The van der Waals surface area contributed by atoms with Crippen molar-refractivity contribution in [2.45, 2.75) is 0 Å². The minimum atomic E-state index is -0.991. The number of ether oxygens (including phenoxy) is 2. The predicted molar refractivity (Wildman–Crippen MR) is 31.3 cm³/mol. The number of hydrogen-bond acceptors (Lipinski definition) is 4. The Morgan fingerprint density at radius 2 is 2.30 bits per heavy atom. The fourth-order valence-corrected chi connectivity index (χ4v) is 0.759. The quantitative estimate of drug-likeness (QED) is 0.294. The maximum atomic E-state index is 10.8. The second kappa shape index (κ2) is 2.38. The van der Waals surface area contributed by atoms with Crippen LogP contribution in [-0.4, -0.2) is 32.6 Å². The van der Waals surface area contributed by atoms with Crippen molar-refractivity contribution in [3.05, 3.63) is 0 Å². The molecule has 0 aliphatic carbocycles. The first-order valence-corrected chi connectivity index (χ1v) is 2.88. The molecule has 1 fully saturated rings. The van der Waals surface area contributed by atoms with Crippen molar-refractivity contribution >= 4 is 12.3 Å². The summed E-state index contributed by atoms with van der Waals surface area (Å²) in [6, 6.07) is 0. The number of carbonyl (C=O) groups is 2. The van der Waals surface area contributed by atoms with Crippen LogP contribution in [0.15, 0.2) is 0 Å². The van der Waals surface area contributed by atoms with Gasteiger partial charge in [-0.25, -0.2) is 0 Å². The van der Waals surface area contributed by atoms with Crippen LogP contribution in [0.1, 0.15) is 0 Å². The van der Waals surface area contributed by atoms with E-state index in [1.807, 2.05) is 0 Å². The lowest BCUT2D eigenvalue weighted by atomic mass is 9.88. The molecule has 4 nitrogen and oxygen atoms in total. The van der Waals surface area contributed by atoms with Gasteiger partial charge in [-0.05, 0) is 0 Å². The summed E-state index contributed by atoms with van der Waals surface area (Å²) in [7, 11) is 1.26. The van der Waals surface area contributed by atoms with E-state index in [4.69, 9.17) is 4.74 Å². The van der Waals surface area contributed by atoms with Crippen LogP contribution >= 0.6 is 0 Å². The van der Waals surface area contributed by atoms with Crippen molar-refractivity contribution < 1.29 is 19.1 Å². The van der Waals surface area contributed by atoms with Gasteiger partial charge in [0.05, 0.1) is 20.3 Å². The summed E-state index contributed by atoms with van der Waals surface area (Å²) in [4.78, 5) is 21.1. The first-order valence-electron chi connectivity index (χ1n) is 2.88. The zero-order chi connectivity index (χ0) is 7.61. The van der Waals surface area contributed by atoms with Crippen LogP contribution in [0.4, 0.5) is 0 Å². The maximum Gasteiger partial charge on any atom is 0.323 e. The number of aldehydes is 1. The van der Waals surface area contributed by atoms with E-state index in [0.29, 0.717) is 6.29 Å². The Labute approximate surface area is 58.1 Å². The van der Waals surface area contributed by atoms with Gasteiger partial charge in [0, 0.05) is 0 Å². The summed E-state index contributed by atoms with van der Waals surface area (Å²) >= 11 is 0. The third kappa shape index (κ3) is 0.806. The molecule has 0 radical (unpaired) electrons. The van der Waals surface area contributed by atoms with E-state index in [1.165, 1.54) is 7.11 Å². The second-order valence-corrected chi connectivity index (χ2v) is 2.26. The lowest BCUT2D eigenvalue weighted by molar-refractivity contribution is -0.181. The Hall–Kier alpha value is -0.900. The molecule has 0 N–H and O–H groups in total. The van der Waals surface area contributed by atoms with Crippen molar-refractivity contribution in [2.75, 3.05) is 20.3 Å². The summed E-state index contributed by atoms with van der Waals surface area (Å²) in [5, 5.41) is 0. The largest absolute Gasteiger partial charge is 0.468 e. The van der Waals surface area contributed by atoms with Crippen molar-refractivity contribution in [3.63, 3.8) is 0 Å². The molecule has 0 aromatic heterocycles. The zero-order valence-corrected chi connectivity index (χ0v) is 5.62. The van der Waals surface area contributed by atoms with E-state index in [9.17, 15) is 9.59 Å². The molecular weight excluding hydrogens is 136 g/mol. The van der Waals surface area contributed by atoms with Gasteiger partial charge in [-0.15, -0.1) is 0 Å². The van der Waals surface area contributed by atoms with Crippen LogP contribution in [0.3, 0.4) is 0 Å². The van der Waals surface area contributed by atoms with Gasteiger partial charge in [-0.2, -0.15) is 0 Å². The summed E-state index contributed by atoms with van der Waals surface area (Å²) in [6.07, 6.45) is 0.586. The van der Waals surface area contributed by atoms with Crippen molar-refractivity contribution in [1.82, 2.24) is 0 Å². The Morgan fingerprint density at radius 3 is 2.40 bits per heavy atom. The summed E-state index contributed by atoms with van der Waals surface area (Å²) in [5.74, 6) is -0.506. The molecule has 1 heterocycles. The molecular formula is C6H8O4. The first kappa shape index (κ1) is 7.21. The molecule has 0 aromatic rings. The monoisotopic (exact) mass is 144 g/mol. The van der Waals surface area contributed by atoms with Crippen LogP contribution in [-0.2, 0) is 19.1 Å². The van der Waals surface area contributed by atoms with Gasteiger partial charge in [0.1, 0.15) is 6.29 Å². The number of hydrogen-bond donors (Lipinski definition) is 0. The van der Waals surface area contributed by atoms with E-state index in [1.54, 1.807) is 0 Å². The van der Waals surface area contributed by atoms with Crippen LogP contribution in [0, 0.1) is 5.41 Å². The molecule has 0 atom stereocenters. The molecule has 0 saturated carbocycles. The Morgan fingerprint density at radius 1 is 1.70 bits per heavy atom. The Bertz CT molecular complexity index is 159. The smallest absolute Gasteiger partial charge is 0.323 e. The normalized spacial score (nSPS) is 20.9. The fourth-order valence-electron chi connectivity index (χ4n) is 0.759. The third-order valence-electron chi connectivity index (χ3n) is 1.54. The standard InChI is InChI=1S/C6H8O4/c1-9-5(8)6(2-7)3-10-4-6/h2H,3-4H2,1H3. The topological polar surface area (TPSA) is 52.6 Å². The van der Waals surface area contributed by atoms with Crippen LogP contribution < -0.4 is 0 Å². The molecule has 1 aliphatic rings. The number of esters is 1. The summed E-state index contributed by atoms with van der Waals surface area (Å²) < 4.78 is 9.12. The molecule has 10 heavy (non-hydrogen) atoms.